The molecule has 26 heavy (non-hydrogen) atoms. The number of β-amino-alcohol motifs (C(OH)–C–C–N with tert-alkyl or cyclic N) is 1. The van der Waals surface area contributed by atoms with E-state index in [4.69, 9.17) is 4.74 Å². The molecule has 144 valence electrons. The van der Waals surface area contributed by atoms with Gasteiger partial charge in [0.1, 0.15) is 5.75 Å². The molecule has 1 heterocycles. The Balaban J connectivity index is 1.93. The van der Waals surface area contributed by atoms with Crippen LogP contribution in [0.4, 0.5) is 0 Å². The number of likely N-dealkylation sites (tertiary alicyclic amines) is 1. The molecule has 1 aromatic carbocycles. The van der Waals surface area contributed by atoms with Crippen molar-refractivity contribution in [2.75, 3.05) is 40.3 Å². The van der Waals surface area contributed by atoms with Gasteiger partial charge >= 0.3 is 0 Å². The molecule has 0 unspecified atom stereocenters. The molecule has 1 aliphatic heterocycles. The van der Waals surface area contributed by atoms with Crippen LogP contribution in [0.3, 0.4) is 0 Å². The van der Waals surface area contributed by atoms with E-state index in [2.05, 4.69) is 5.32 Å². The van der Waals surface area contributed by atoms with Gasteiger partial charge in [-0.05, 0) is 25.0 Å². The Morgan fingerprint density at radius 3 is 2.73 bits per heavy atom. The fraction of sp³-hybridized carbons (Fsp3) is 0.579. The Bertz CT molecular complexity index is 621. The average Bonchev–Trinajstić information content (AvgIpc) is 2.62. The molecular formula is C19H29N3O4. The maximum atomic E-state index is 12.6. The van der Waals surface area contributed by atoms with Crippen LogP contribution in [0.15, 0.2) is 24.3 Å². The molecule has 2 rings (SSSR count). The van der Waals surface area contributed by atoms with Gasteiger partial charge in [-0.1, -0.05) is 19.1 Å². The molecule has 0 radical (unpaired) electrons. The molecule has 1 saturated heterocycles. The van der Waals surface area contributed by atoms with E-state index in [0.717, 1.165) is 6.42 Å². The van der Waals surface area contributed by atoms with Crippen LogP contribution in [0.5, 0.6) is 5.75 Å². The summed E-state index contributed by atoms with van der Waals surface area (Å²) in [5, 5.41) is 13.3. The zero-order valence-electron chi connectivity index (χ0n) is 15.8. The second-order valence-corrected chi connectivity index (χ2v) is 6.80. The number of aliphatic hydroxyl groups excluding tert-OH is 1. The number of carbonyl (C=O) groups is 2. The summed E-state index contributed by atoms with van der Waals surface area (Å²) in [5.74, 6) is 0.301. The van der Waals surface area contributed by atoms with E-state index in [0.29, 0.717) is 37.4 Å². The number of likely N-dealkylation sites (N-methyl/N-ethyl adjacent to an activating group) is 1. The molecule has 0 aromatic heterocycles. The Morgan fingerprint density at radius 1 is 1.35 bits per heavy atom. The van der Waals surface area contributed by atoms with E-state index < -0.39 is 6.10 Å². The third-order valence-electron chi connectivity index (χ3n) is 4.43. The minimum atomic E-state index is -0.716. The summed E-state index contributed by atoms with van der Waals surface area (Å²) in [6, 6.07) is 6.78. The predicted molar refractivity (Wildman–Crippen MR) is 99.2 cm³/mol. The minimum absolute atomic E-state index is 0.00156. The van der Waals surface area contributed by atoms with Crippen LogP contribution in [-0.2, 0) is 4.79 Å². The van der Waals surface area contributed by atoms with Gasteiger partial charge in [-0.2, -0.15) is 0 Å². The molecule has 2 N–H and O–H groups in total. The van der Waals surface area contributed by atoms with Crippen LogP contribution in [0, 0.1) is 0 Å². The molecule has 0 spiro atoms. The molecule has 1 aliphatic rings. The maximum absolute atomic E-state index is 12.6. The second kappa shape index (κ2) is 9.54. The van der Waals surface area contributed by atoms with Crippen molar-refractivity contribution in [3.05, 3.63) is 29.8 Å². The maximum Gasteiger partial charge on any atom is 0.255 e. The molecule has 1 aromatic rings. The van der Waals surface area contributed by atoms with E-state index in [-0.39, 0.29) is 24.4 Å². The molecule has 7 heteroatoms. The molecule has 2 amide bonds. The lowest BCUT2D eigenvalue weighted by Crippen LogP contribution is -2.55. The van der Waals surface area contributed by atoms with Gasteiger partial charge in [0.25, 0.3) is 5.91 Å². The quantitative estimate of drug-likeness (QED) is 0.746. The van der Waals surface area contributed by atoms with Gasteiger partial charge in [0.05, 0.1) is 30.9 Å². The van der Waals surface area contributed by atoms with E-state index in [1.165, 1.54) is 4.90 Å². The van der Waals surface area contributed by atoms with E-state index >= 15 is 0 Å². The van der Waals surface area contributed by atoms with Crippen molar-refractivity contribution in [1.29, 1.82) is 0 Å². The van der Waals surface area contributed by atoms with Crippen molar-refractivity contribution in [1.82, 2.24) is 15.1 Å². The van der Waals surface area contributed by atoms with Gasteiger partial charge in [-0.15, -0.1) is 0 Å². The first-order valence-corrected chi connectivity index (χ1v) is 9.05. The first-order valence-electron chi connectivity index (χ1n) is 9.05. The largest absolute Gasteiger partial charge is 0.493 e. The summed E-state index contributed by atoms with van der Waals surface area (Å²) in [7, 11) is 3.42. The molecule has 7 nitrogen and oxygen atoms in total. The normalized spacial score (nSPS) is 20.5. The number of nitrogens with one attached hydrogen (secondary N) is 1. The highest BCUT2D eigenvalue weighted by atomic mass is 16.5. The highest BCUT2D eigenvalue weighted by molar-refractivity contribution is 5.97. The summed E-state index contributed by atoms with van der Waals surface area (Å²) in [6.07, 6.45) is 0.732. The third kappa shape index (κ3) is 5.44. The lowest BCUT2D eigenvalue weighted by atomic mass is 10.0. The monoisotopic (exact) mass is 363 g/mol. The number of nitrogens with zero attached hydrogens (tertiary/aromatic N) is 2. The number of ether oxygens (including phenoxy) is 1. The topological polar surface area (TPSA) is 82.1 Å². The van der Waals surface area contributed by atoms with E-state index in [1.54, 1.807) is 32.3 Å². The number of rotatable bonds is 7. The Morgan fingerprint density at radius 2 is 2.08 bits per heavy atom. The lowest BCUT2D eigenvalue weighted by molar-refractivity contribution is -0.130. The number of carbonyl (C=O) groups excluding carboxylic acids is 2. The smallest absolute Gasteiger partial charge is 0.255 e. The number of para-hydroxylation sites is 1. The molecular weight excluding hydrogens is 334 g/mol. The number of benzene rings is 1. The Hall–Kier alpha value is -2.12. The number of hydrogen-bond acceptors (Lipinski definition) is 5. The Kier molecular flexibility index (Phi) is 7.41. The minimum Gasteiger partial charge on any atom is -0.493 e. The molecule has 0 aliphatic carbocycles. The zero-order valence-corrected chi connectivity index (χ0v) is 15.8. The molecule has 0 saturated carbocycles. The standard InChI is InChI=1S/C19H29N3O4/c1-4-11-26-17-8-6-5-7-14(17)19(25)20-15-9-10-22(12-16(15)23)13-18(24)21(2)3/h5-8,15-16,23H,4,9-13H2,1-3H3,(H,20,25)/t15-,16-/m1/s1. The first kappa shape index (κ1) is 20.2. The van der Waals surface area contributed by atoms with Gasteiger partial charge in [0.15, 0.2) is 0 Å². The van der Waals surface area contributed by atoms with E-state index in [9.17, 15) is 14.7 Å². The van der Waals surface area contributed by atoms with Gasteiger partial charge < -0.3 is 20.1 Å². The van der Waals surface area contributed by atoms with Crippen LogP contribution in [0.1, 0.15) is 30.1 Å². The number of aliphatic hydroxyl groups is 1. The van der Waals surface area contributed by atoms with E-state index in [1.807, 2.05) is 17.9 Å². The van der Waals surface area contributed by atoms with Crippen molar-refractivity contribution < 1.29 is 19.4 Å². The highest BCUT2D eigenvalue weighted by Crippen LogP contribution is 2.19. The van der Waals surface area contributed by atoms with Crippen molar-refractivity contribution in [3.63, 3.8) is 0 Å². The number of piperidine rings is 1. The van der Waals surface area contributed by atoms with Gasteiger partial charge in [-0.25, -0.2) is 0 Å². The molecule has 2 atom stereocenters. The highest BCUT2D eigenvalue weighted by Gasteiger charge is 2.30. The van der Waals surface area contributed by atoms with Crippen molar-refractivity contribution in [2.24, 2.45) is 0 Å². The zero-order chi connectivity index (χ0) is 19.1. The molecule has 0 bridgehead atoms. The van der Waals surface area contributed by atoms with Crippen LogP contribution >= 0.6 is 0 Å². The van der Waals surface area contributed by atoms with Gasteiger partial charge in [-0.3, -0.25) is 14.5 Å². The van der Waals surface area contributed by atoms with Crippen LogP contribution in [0.2, 0.25) is 0 Å². The number of hydrogen-bond donors (Lipinski definition) is 2. The third-order valence-corrected chi connectivity index (χ3v) is 4.43. The summed E-state index contributed by atoms with van der Waals surface area (Å²) >= 11 is 0. The fourth-order valence-electron chi connectivity index (χ4n) is 2.88. The van der Waals surface area contributed by atoms with Gasteiger partial charge in [0.2, 0.25) is 5.91 Å². The summed E-state index contributed by atoms with van der Waals surface area (Å²) in [5.41, 5.74) is 0.471. The van der Waals surface area contributed by atoms with Crippen molar-refractivity contribution >= 4 is 11.8 Å². The summed E-state index contributed by atoms with van der Waals surface area (Å²) in [4.78, 5) is 27.9. The van der Waals surface area contributed by atoms with Crippen LogP contribution < -0.4 is 10.1 Å². The summed E-state index contributed by atoms with van der Waals surface area (Å²) < 4.78 is 5.63. The lowest BCUT2D eigenvalue weighted by Gasteiger charge is -2.36. The SMILES string of the molecule is CCCOc1ccccc1C(=O)N[C@@H]1CCN(CC(=O)N(C)C)C[C@H]1O. The Labute approximate surface area is 154 Å². The average molecular weight is 363 g/mol. The predicted octanol–water partition coefficient (Wildman–Crippen LogP) is 0.729. The molecule has 1 fully saturated rings. The van der Waals surface area contributed by atoms with Gasteiger partial charge in [0, 0.05) is 27.2 Å². The number of amides is 2. The van der Waals surface area contributed by atoms with Crippen molar-refractivity contribution in [2.45, 2.75) is 31.9 Å². The van der Waals surface area contributed by atoms with Crippen molar-refractivity contribution in [3.8, 4) is 5.75 Å². The van der Waals surface area contributed by atoms with Crippen LogP contribution in [0.25, 0.3) is 0 Å². The second-order valence-electron chi connectivity index (χ2n) is 6.80. The van der Waals surface area contributed by atoms with Crippen LogP contribution in [-0.4, -0.2) is 79.2 Å². The fourth-order valence-corrected chi connectivity index (χ4v) is 2.88. The first-order chi connectivity index (χ1) is 12.4. The summed E-state index contributed by atoms with van der Waals surface area (Å²) in [6.45, 7) is 3.84.